The first-order valence-corrected chi connectivity index (χ1v) is 8.61. The molecule has 0 aromatic rings. The van der Waals surface area contributed by atoms with E-state index in [0.717, 1.165) is 18.1 Å². The lowest BCUT2D eigenvalue weighted by molar-refractivity contribution is 0.0540. The molecule has 1 fully saturated rings. The molecule has 0 bridgehead atoms. The van der Waals surface area contributed by atoms with E-state index in [1.165, 1.54) is 11.8 Å². The average Bonchev–Trinajstić information content (AvgIpc) is 3.20. The first-order chi connectivity index (χ1) is 9.58. The summed E-state index contributed by atoms with van der Waals surface area (Å²) in [4.78, 5) is 0. The maximum atomic E-state index is 8.76. The molecule has 0 spiro atoms. The van der Waals surface area contributed by atoms with E-state index in [9.17, 15) is 0 Å². The van der Waals surface area contributed by atoms with Crippen LogP contribution in [0.4, 0.5) is 0 Å². The van der Waals surface area contributed by atoms with Crippen LogP contribution in [0.5, 0.6) is 0 Å². The van der Waals surface area contributed by atoms with Gasteiger partial charge in [-0.15, -0.1) is 23.5 Å². The monoisotopic (exact) mass is 324 g/mol. The van der Waals surface area contributed by atoms with E-state index in [4.69, 9.17) is 19.7 Å². The van der Waals surface area contributed by atoms with E-state index in [0.29, 0.717) is 19.3 Å². The fourth-order valence-electron chi connectivity index (χ4n) is 0.677. The number of aliphatic hydroxyl groups excluding tert-OH is 2. The van der Waals surface area contributed by atoms with Crippen molar-refractivity contribution in [2.45, 2.75) is 26.1 Å². The Bertz CT molecular complexity index is 209. The van der Waals surface area contributed by atoms with Crippen molar-refractivity contribution < 1.29 is 19.7 Å². The van der Waals surface area contributed by atoms with Crippen molar-refractivity contribution >= 4 is 23.5 Å². The van der Waals surface area contributed by atoms with Crippen LogP contribution in [0, 0.1) is 0 Å². The minimum atomic E-state index is -0.353. The van der Waals surface area contributed by atoms with Crippen molar-refractivity contribution in [1.29, 1.82) is 0 Å². The van der Waals surface area contributed by atoms with Crippen molar-refractivity contribution in [3.63, 3.8) is 0 Å². The van der Waals surface area contributed by atoms with Gasteiger partial charge in [0.1, 0.15) is 0 Å². The molecule has 1 aliphatic rings. The minimum Gasteiger partial charge on any atom is -0.396 e. The number of hydrogen-bond acceptors (Lipinski definition) is 6. The highest BCUT2D eigenvalue weighted by Gasteiger charge is 2.13. The third kappa shape index (κ3) is 30.8. The fraction of sp³-hybridized carbons (Fsp3) is 0.714. The number of ether oxygens (including phenoxy) is 2. The smallest absolute Gasteiger partial charge is 0.0781 e. The van der Waals surface area contributed by atoms with Crippen LogP contribution in [0.25, 0.3) is 0 Å². The number of rotatable bonds is 9. The average molecular weight is 325 g/mol. The molecule has 0 aliphatic carbocycles. The highest BCUT2D eigenvalue weighted by atomic mass is 32.2. The van der Waals surface area contributed by atoms with Gasteiger partial charge >= 0.3 is 0 Å². The van der Waals surface area contributed by atoms with E-state index < -0.39 is 0 Å². The van der Waals surface area contributed by atoms with Crippen LogP contribution in [0.2, 0.25) is 0 Å². The Morgan fingerprint density at radius 3 is 2.15 bits per heavy atom. The predicted octanol–water partition coefficient (Wildman–Crippen LogP) is 2.52. The molecule has 20 heavy (non-hydrogen) atoms. The molecule has 0 saturated carbocycles. The maximum absolute atomic E-state index is 8.76. The summed E-state index contributed by atoms with van der Waals surface area (Å²) in [5, 5.41) is 20.4. The number of thioether (sulfide) groups is 2. The Morgan fingerprint density at radius 2 is 1.85 bits per heavy atom. The third-order valence-electron chi connectivity index (χ3n) is 1.65. The molecule has 2 atom stereocenters. The van der Waals surface area contributed by atoms with Crippen molar-refractivity contribution in [3.05, 3.63) is 24.0 Å². The molecule has 120 valence electrons. The quantitative estimate of drug-likeness (QED) is 0.502. The standard InChI is InChI=1S/C7H14O2S.C4H8OS.C3H6O/c1-3-10-5-4-9-6-7(2)8;1-2-6-4-3-5;1-3-2-4-3/h3,7-8H,1,4-6H2,2H3;2,5H,1,3-4H2;3H,2H2,1H3. The first kappa shape index (κ1) is 22.3. The molecule has 1 rings (SSSR count). The SMILES string of the molecule is C=CSCCO.C=CSCCOCC(C)O.CC1CO1. The highest BCUT2D eigenvalue weighted by Crippen LogP contribution is 2.04. The Hall–Kier alpha value is 0.0200. The zero-order valence-corrected chi connectivity index (χ0v) is 14.1. The minimum absolute atomic E-state index is 0.247. The van der Waals surface area contributed by atoms with Gasteiger partial charge in [-0.3, -0.25) is 0 Å². The summed E-state index contributed by atoms with van der Waals surface area (Å²) in [7, 11) is 0. The van der Waals surface area contributed by atoms with E-state index in [1.807, 2.05) is 0 Å². The molecule has 0 aromatic heterocycles. The van der Waals surface area contributed by atoms with Gasteiger partial charge in [-0.2, -0.15) is 0 Å². The molecule has 1 heterocycles. The molecular formula is C14H28O4S2. The van der Waals surface area contributed by atoms with Crippen molar-refractivity contribution in [2.24, 2.45) is 0 Å². The van der Waals surface area contributed by atoms with Gasteiger partial charge in [0.25, 0.3) is 0 Å². The molecule has 2 N–H and O–H groups in total. The summed E-state index contributed by atoms with van der Waals surface area (Å²) in [6.45, 7) is 13.1. The van der Waals surface area contributed by atoms with Gasteiger partial charge in [-0.1, -0.05) is 13.2 Å². The number of epoxide rings is 1. The second-order valence-corrected chi connectivity index (χ2v) is 6.02. The van der Waals surface area contributed by atoms with Crippen LogP contribution in [-0.2, 0) is 9.47 Å². The third-order valence-corrected chi connectivity index (χ3v) is 2.94. The predicted molar refractivity (Wildman–Crippen MR) is 90.3 cm³/mol. The Kier molecular flexibility index (Phi) is 21.2. The molecule has 2 unspecified atom stereocenters. The molecular weight excluding hydrogens is 296 g/mol. The van der Waals surface area contributed by atoms with Crippen LogP contribution in [-0.4, -0.2) is 60.4 Å². The fourth-order valence-corrected chi connectivity index (χ4v) is 1.33. The topological polar surface area (TPSA) is 62.2 Å². The first-order valence-electron chi connectivity index (χ1n) is 6.51. The van der Waals surface area contributed by atoms with Crippen molar-refractivity contribution in [3.8, 4) is 0 Å². The summed E-state index contributed by atoms with van der Waals surface area (Å²) in [6.07, 6.45) is 0.230. The van der Waals surface area contributed by atoms with Gasteiger partial charge < -0.3 is 19.7 Å². The van der Waals surface area contributed by atoms with Crippen LogP contribution in [0.3, 0.4) is 0 Å². The molecule has 0 amide bonds. The Balaban J connectivity index is 0. The van der Waals surface area contributed by atoms with Gasteiger partial charge in [-0.25, -0.2) is 0 Å². The van der Waals surface area contributed by atoms with Gasteiger partial charge in [0.05, 0.1) is 38.6 Å². The van der Waals surface area contributed by atoms with Gasteiger partial charge in [0.15, 0.2) is 0 Å². The number of aliphatic hydroxyl groups is 2. The highest BCUT2D eigenvalue weighted by molar-refractivity contribution is 8.02. The van der Waals surface area contributed by atoms with Crippen molar-refractivity contribution in [2.75, 3.05) is 37.9 Å². The lowest BCUT2D eigenvalue weighted by Crippen LogP contribution is -2.11. The van der Waals surface area contributed by atoms with E-state index in [1.54, 1.807) is 29.5 Å². The molecule has 1 aliphatic heterocycles. The second kappa shape index (κ2) is 19.0. The zero-order valence-electron chi connectivity index (χ0n) is 12.5. The van der Waals surface area contributed by atoms with Crippen LogP contribution in [0.15, 0.2) is 24.0 Å². The van der Waals surface area contributed by atoms with E-state index in [-0.39, 0.29) is 12.7 Å². The summed E-state index contributed by atoms with van der Waals surface area (Å²) in [5.41, 5.74) is 0. The Labute approximate surface area is 131 Å². The van der Waals surface area contributed by atoms with Crippen LogP contribution < -0.4 is 0 Å². The lowest BCUT2D eigenvalue weighted by Gasteiger charge is -2.03. The van der Waals surface area contributed by atoms with E-state index >= 15 is 0 Å². The van der Waals surface area contributed by atoms with Crippen LogP contribution in [0.1, 0.15) is 13.8 Å². The van der Waals surface area contributed by atoms with Crippen molar-refractivity contribution in [1.82, 2.24) is 0 Å². The normalized spacial score (nSPS) is 16.9. The van der Waals surface area contributed by atoms with Gasteiger partial charge in [-0.05, 0) is 24.7 Å². The van der Waals surface area contributed by atoms with E-state index in [2.05, 4.69) is 20.1 Å². The largest absolute Gasteiger partial charge is 0.396 e. The second-order valence-electron chi connectivity index (χ2n) is 3.87. The van der Waals surface area contributed by atoms with Gasteiger partial charge in [0, 0.05) is 11.5 Å². The summed E-state index contributed by atoms with van der Waals surface area (Å²) in [5.74, 6) is 1.68. The molecule has 1 saturated heterocycles. The maximum Gasteiger partial charge on any atom is 0.0781 e. The Morgan fingerprint density at radius 1 is 1.35 bits per heavy atom. The number of hydrogen-bond donors (Lipinski definition) is 2. The zero-order chi connectivity index (χ0) is 15.6. The molecule has 4 nitrogen and oxygen atoms in total. The summed E-state index contributed by atoms with van der Waals surface area (Å²) in [6, 6.07) is 0. The summed E-state index contributed by atoms with van der Waals surface area (Å²) >= 11 is 3.14. The lowest BCUT2D eigenvalue weighted by atomic mass is 10.4. The summed E-state index contributed by atoms with van der Waals surface area (Å²) < 4.78 is 9.79. The molecule has 6 heteroatoms. The van der Waals surface area contributed by atoms with Gasteiger partial charge in [0.2, 0.25) is 0 Å². The molecule has 0 aromatic carbocycles. The molecule has 0 radical (unpaired) electrons. The van der Waals surface area contributed by atoms with Crippen LogP contribution >= 0.6 is 23.5 Å².